The second-order valence-electron chi connectivity index (χ2n) is 5.88. The van der Waals surface area contributed by atoms with Gasteiger partial charge in [0, 0.05) is 31.4 Å². The topological polar surface area (TPSA) is 45.4 Å². The molecule has 18 heavy (non-hydrogen) atoms. The second-order valence-corrected chi connectivity index (χ2v) is 5.88. The van der Waals surface area contributed by atoms with Gasteiger partial charge in [-0.1, -0.05) is 0 Å². The van der Waals surface area contributed by atoms with Crippen LogP contribution in [0.2, 0.25) is 0 Å². The molecule has 0 radical (unpaired) electrons. The number of anilines is 1. The van der Waals surface area contributed by atoms with E-state index < -0.39 is 0 Å². The molecule has 4 nitrogen and oxygen atoms in total. The second kappa shape index (κ2) is 4.52. The zero-order chi connectivity index (χ0) is 12.7. The number of rotatable bonds is 4. The lowest BCUT2D eigenvalue weighted by Crippen LogP contribution is -2.40. The Labute approximate surface area is 109 Å². The molecule has 0 aromatic carbocycles. The summed E-state index contributed by atoms with van der Waals surface area (Å²) in [6.07, 6.45) is 6.54. The van der Waals surface area contributed by atoms with Crippen LogP contribution in [0.25, 0.3) is 0 Å². The molecule has 98 valence electrons. The minimum atomic E-state index is 0.571. The molecule has 1 saturated carbocycles. The maximum atomic E-state index is 5.71. The Bertz CT molecular complexity index is 432. The van der Waals surface area contributed by atoms with Crippen LogP contribution >= 0.6 is 0 Å². The molecule has 3 unspecified atom stereocenters. The first-order valence-corrected chi connectivity index (χ1v) is 6.76. The van der Waals surface area contributed by atoms with Gasteiger partial charge in [-0.3, -0.25) is 4.98 Å². The summed E-state index contributed by atoms with van der Waals surface area (Å²) in [6.45, 7) is 1.70. The maximum Gasteiger partial charge on any atom is 0.0561 e. The largest absolute Gasteiger partial charge is 0.363 e. The van der Waals surface area contributed by atoms with Gasteiger partial charge >= 0.3 is 0 Å². The van der Waals surface area contributed by atoms with E-state index in [1.54, 1.807) is 0 Å². The Balaban J connectivity index is 1.83. The van der Waals surface area contributed by atoms with E-state index in [0.717, 1.165) is 24.1 Å². The summed E-state index contributed by atoms with van der Waals surface area (Å²) < 4.78 is 0. The van der Waals surface area contributed by atoms with Gasteiger partial charge in [0.1, 0.15) is 0 Å². The number of hydrogen-bond acceptors (Lipinski definition) is 4. The van der Waals surface area contributed by atoms with E-state index in [0.29, 0.717) is 12.6 Å². The zero-order valence-corrected chi connectivity index (χ0v) is 11.2. The molecule has 1 aromatic heterocycles. The fraction of sp³-hybridized carbons (Fsp3) is 0.643. The Kier molecular flexibility index (Phi) is 2.99. The monoisotopic (exact) mass is 246 g/mol. The van der Waals surface area contributed by atoms with E-state index in [2.05, 4.69) is 34.9 Å². The lowest BCUT2D eigenvalue weighted by molar-refractivity contribution is 0.361. The van der Waals surface area contributed by atoms with Crippen LogP contribution < -0.4 is 10.6 Å². The molecular weight excluding hydrogens is 224 g/mol. The average molecular weight is 246 g/mol. The molecule has 1 aliphatic carbocycles. The van der Waals surface area contributed by atoms with E-state index >= 15 is 0 Å². The first-order chi connectivity index (χ1) is 8.69. The quantitative estimate of drug-likeness (QED) is 0.863. The van der Waals surface area contributed by atoms with Gasteiger partial charge in [0.05, 0.1) is 11.9 Å². The van der Waals surface area contributed by atoms with Crippen LogP contribution in [0.3, 0.4) is 0 Å². The van der Waals surface area contributed by atoms with Crippen LogP contribution in [0.4, 0.5) is 5.69 Å². The van der Waals surface area contributed by atoms with Crippen LogP contribution in [-0.2, 0) is 6.54 Å². The van der Waals surface area contributed by atoms with Gasteiger partial charge in [-0.2, -0.15) is 0 Å². The third kappa shape index (κ3) is 2.10. The van der Waals surface area contributed by atoms with Crippen molar-refractivity contribution >= 4 is 5.69 Å². The fourth-order valence-electron chi connectivity index (χ4n) is 3.27. The standard InChI is InChI=1S/C14H22N4/c1-17(2)9-13-4-11-5-14(11)18(13)12-3-10(6-15)7-16-8-12/h3,7-8,11,13-14H,4-6,9,15H2,1-2H3. The van der Waals surface area contributed by atoms with Crippen molar-refractivity contribution < 1.29 is 0 Å². The lowest BCUT2D eigenvalue weighted by Gasteiger charge is -2.31. The fourth-order valence-corrected chi connectivity index (χ4v) is 3.27. The van der Waals surface area contributed by atoms with Gasteiger partial charge in [0.2, 0.25) is 0 Å². The van der Waals surface area contributed by atoms with Gasteiger partial charge in [0.25, 0.3) is 0 Å². The van der Waals surface area contributed by atoms with Crippen LogP contribution in [0.1, 0.15) is 18.4 Å². The third-order valence-corrected chi connectivity index (χ3v) is 4.10. The summed E-state index contributed by atoms with van der Waals surface area (Å²) in [4.78, 5) is 9.19. The summed E-state index contributed by atoms with van der Waals surface area (Å²) in [5.41, 5.74) is 8.10. The number of nitrogens with zero attached hydrogens (tertiary/aromatic N) is 3. The van der Waals surface area contributed by atoms with Crippen LogP contribution in [0, 0.1) is 5.92 Å². The van der Waals surface area contributed by atoms with E-state index in [9.17, 15) is 0 Å². The van der Waals surface area contributed by atoms with Crippen molar-refractivity contribution in [2.45, 2.75) is 31.5 Å². The first-order valence-electron chi connectivity index (χ1n) is 6.76. The third-order valence-electron chi connectivity index (χ3n) is 4.10. The molecule has 3 atom stereocenters. The van der Waals surface area contributed by atoms with Crippen molar-refractivity contribution in [3.63, 3.8) is 0 Å². The Morgan fingerprint density at radius 2 is 2.22 bits per heavy atom. The number of aromatic nitrogens is 1. The van der Waals surface area contributed by atoms with Gasteiger partial charge in [-0.05, 0) is 44.5 Å². The molecule has 0 bridgehead atoms. The smallest absolute Gasteiger partial charge is 0.0561 e. The lowest BCUT2D eigenvalue weighted by atomic mass is 10.1. The van der Waals surface area contributed by atoms with Crippen LogP contribution in [0.5, 0.6) is 0 Å². The van der Waals surface area contributed by atoms with E-state index in [4.69, 9.17) is 5.73 Å². The minimum absolute atomic E-state index is 0.571. The molecule has 1 aliphatic heterocycles. The molecule has 2 N–H and O–H groups in total. The van der Waals surface area contributed by atoms with E-state index in [1.807, 2.05) is 12.4 Å². The highest BCUT2D eigenvalue weighted by molar-refractivity contribution is 5.52. The summed E-state index contributed by atoms with van der Waals surface area (Å²) in [5, 5.41) is 0. The summed E-state index contributed by atoms with van der Waals surface area (Å²) in [5.74, 6) is 0.913. The molecule has 2 aliphatic rings. The van der Waals surface area contributed by atoms with Gasteiger partial charge in [-0.15, -0.1) is 0 Å². The number of piperidine rings is 1. The summed E-state index contributed by atoms with van der Waals surface area (Å²) >= 11 is 0. The van der Waals surface area contributed by atoms with Gasteiger partial charge in [-0.25, -0.2) is 0 Å². The predicted molar refractivity (Wildman–Crippen MR) is 73.5 cm³/mol. The maximum absolute atomic E-state index is 5.71. The van der Waals surface area contributed by atoms with Crippen LogP contribution in [0.15, 0.2) is 18.5 Å². The molecule has 0 spiro atoms. The van der Waals surface area contributed by atoms with Crippen molar-refractivity contribution in [1.82, 2.24) is 9.88 Å². The molecule has 0 amide bonds. The van der Waals surface area contributed by atoms with Gasteiger partial charge < -0.3 is 15.5 Å². The number of nitrogens with two attached hydrogens (primary N) is 1. The molecule has 4 heteroatoms. The number of hydrogen-bond donors (Lipinski definition) is 1. The SMILES string of the molecule is CN(C)CC1CC2CC2N1c1cncc(CN)c1. The first kappa shape index (κ1) is 11.9. The molecule has 2 heterocycles. The normalized spacial score (nSPS) is 29.8. The van der Waals surface area contributed by atoms with Crippen molar-refractivity contribution in [3.8, 4) is 0 Å². The predicted octanol–water partition coefficient (Wildman–Crippen LogP) is 1.07. The van der Waals surface area contributed by atoms with E-state index in [1.165, 1.54) is 18.5 Å². The number of likely N-dealkylation sites (N-methyl/N-ethyl adjacent to an activating group) is 1. The number of fused-ring (bicyclic) bond motifs is 1. The van der Waals surface area contributed by atoms with Crippen molar-refractivity contribution in [3.05, 3.63) is 24.0 Å². The van der Waals surface area contributed by atoms with Crippen molar-refractivity contribution in [2.75, 3.05) is 25.5 Å². The molecule has 2 fully saturated rings. The zero-order valence-electron chi connectivity index (χ0n) is 11.2. The number of pyridine rings is 1. The summed E-state index contributed by atoms with van der Waals surface area (Å²) in [6, 6.07) is 3.60. The highest BCUT2D eigenvalue weighted by atomic mass is 15.3. The van der Waals surface area contributed by atoms with Crippen molar-refractivity contribution in [2.24, 2.45) is 11.7 Å². The molecule has 1 saturated heterocycles. The Morgan fingerprint density at radius 3 is 2.94 bits per heavy atom. The molecular formula is C14H22N4. The highest BCUT2D eigenvalue weighted by Crippen LogP contribution is 2.49. The summed E-state index contributed by atoms with van der Waals surface area (Å²) in [7, 11) is 4.30. The minimum Gasteiger partial charge on any atom is -0.363 e. The van der Waals surface area contributed by atoms with E-state index in [-0.39, 0.29) is 0 Å². The Morgan fingerprint density at radius 1 is 1.39 bits per heavy atom. The highest BCUT2D eigenvalue weighted by Gasteiger charge is 2.51. The molecule has 3 rings (SSSR count). The Hall–Kier alpha value is -1.13. The molecule has 1 aromatic rings. The average Bonchev–Trinajstić information content (AvgIpc) is 3.00. The van der Waals surface area contributed by atoms with Crippen molar-refractivity contribution in [1.29, 1.82) is 0 Å². The van der Waals surface area contributed by atoms with Crippen LogP contribution in [-0.4, -0.2) is 42.6 Å². The van der Waals surface area contributed by atoms with Gasteiger partial charge in [0.15, 0.2) is 0 Å².